The maximum Gasteiger partial charge on any atom is 0.0910 e. The van der Waals surface area contributed by atoms with E-state index in [9.17, 15) is 5.11 Å². The second kappa shape index (κ2) is 5.73. The van der Waals surface area contributed by atoms with Crippen molar-refractivity contribution in [3.8, 4) is 0 Å². The molecule has 0 amide bonds. The van der Waals surface area contributed by atoms with Gasteiger partial charge in [-0.15, -0.1) is 0 Å². The molecule has 0 fully saturated rings. The number of rotatable bonds is 3. The topological polar surface area (TPSA) is 46.2 Å². The van der Waals surface area contributed by atoms with Crippen molar-refractivity contribution in [2.24, 2.45) is 5.73 Å². The average molecular weight is 367 g/mol. The van der Waals surface area contributed by atoms with Crippen molar-refractivity contribution in [3.05, 3.63) is 68.7 Å². The average Bonchev–Trinajstić information content (AvgIpc) is 2.89. The van der Waals surface area contributed by atoms with E-state index in [4.69, 9.17) is 17.3 Å². The van der Waals surface area contributed by atoms with Gasteiger partial charge in [0.2, 0.25) is 0 Å². The van der Waals surface area contributed by atoms with Gasteiger partial charge in [0.25, 0.3) is 0 Å². The summed E-state index contributed by atoms with van der Waals surface area (Å²) in [5.74, 6) is 0. The van der Waals surface area contributed by atoms with Crippen LogP contribution in [0, 0.1) is 0 Å². The first kappa shape index (κ1) is 15.0. The van der Waals surface area contributed by atoms with Gasteiger partial charge in [0.15, 0.2) is 0 Å². The lowest BCUT2D eigenvalue weighted by Gasteiger charge is -2.35. The Morgan fingerprint density at radius 1 is 1.29 bits per heavy atom. The zero-order valence-corrected chi connectivity index (χ0v) is 13.9. The molecular weight excluding hydrogens is 350 g/mol. The number of hydrogen-bond donors (Lipinski definition) is 2. The third kappa shape index (κ3) is 2.42. The fraction of sp³-hybridized carbons (Fsp3) is 0.294. The predicted molar refractivity (Wildman–Crippen MR) is 89.6 cm³/mol. The lowest BCUT2D eigenvalue weighted by atomic mass is 9.74. The van der Waals surface area contributed by atoms with Gasteiger partial charge in [-0.25, -0.2) is 0 Å². The van der Waals surface area contributed by atoms with Crippen LogP contribution in [0.15, 0.2) is 46.9 Å². The second-order valence-electron chi connectivity index (χ2n) is 5.59. The molecule has 110 valence electrons. The van der Waals surface area contributed by atoms with E-state index >= 15 is 0 Å². The Morgan fingerprint density at radius 3 is 2.81 bits per heavy atom. The molecule has 0 aliphatic heterocycles. The van der Waals surface area contributed by atoms with E-state index < -0.39 is 11.5 Å². The normalized spacial score (nSPS) is 22.1. The van der Waals surface area contributed by atoms with Crippen LogP contribution in [0.3, 0.4) is 0 Å². The van der Waals surface area contributed by atoms with Crippen molar-refractivity contribution >= 4 is 27.5 Å². The third-order valence-electron chi connectivity index (χ3n) is 4.53. The summed E-state index contributed by atoms with van der Waals surface area (Å²) in [7, 11) is 0. The van der Waals surface area contributed by atoms with Crippen LogP contribution < -0.4 is 5.73 Å². The molecule has 2 nitrogen and oxygen atoms in total. The number of halogens is 2. The van der Waals surface area contributed by atoms with Gasteiger partial charge in [-0.1, -0.05) is 51.8 Å². The smallest absolute Gasteiger partial charge is 0.0910 e. The molecule has 3 N–H and O–H groups in total. The molecule has 4 heteroatoms. The monoisotopic (exact) mass is 365 g/mol. The predicted octanol–water partition coefficient (Wildman–Crippen LogP) is 3.98. The summed E-state index contributed by atoms with van der Waals surface area (Å²) in [4.78, 5) is 0. The Bertz CT molecular complexity index is 676. The molecule has 0 saturated heterocycles. The Labute approximate surface area is 138 Å². The first-order valence-corrected chi connectivity index (χ1v) is 8.17. The van der Waals surface area contributed by atoms with Crippen molar-refractivity contribution in [1.29, 1.82) is 0 Å². The Balaban J connectivity index is 2.11. The van der Waals surface area contributed by atoms with Gasteiger partial charge in [0, 0.05) is 21.5 Å². The highest BCUT2D eigenvalue weighted by atomic mass is 79.9. The second-order valence-corrected chi connectivity index (χ2v) is 6.88. The SMILES string of the molecule is NCC1(C(O)c2cc(Cl)ccc2Br)CCc2ccccc21. The van der Waals surface area contributed by atoms with Gasteiger partial charge >= 0.3 is 0 Å². The molecule has 0 aromatic heterocycles. The number of benzene rings is 2. The summed E-state index contributed by atoms with van der Waals surface area (Å²) >= 11 is 9.61. The lowest BCUT2D eigenvalue weighted by molar-refractivity contribution is 0.0834. The number of nitrogens with two attached hydrogens (primary N) is 1. The van der Waals surface area contributed by atoms with E-state index in [1.165, 1.54) is 5.56 Å². The van der Waals surface area contributed by atoms with Crippen LogP contribution in [0.1, 0.15) is 29.2 Å². The van der Waals surface area contributed by atoms with Crippen LogP contribution >= 0.6 is 27.5 Å². The molecule has 0 saturated carbocycles. The van der Waals surface area contributed by atoms with E-state index in [0.29, 0.717) is 11.6 Å². The highest BCUT2D eigenvalue weighted by Crippen LogP contribution is 2.48. The summed E-state index contributed by atoms with van der Waals surface area (Å²) in [6.07, 6.45) is 1.12. The number of hydrogen-bond acceptors (Lipinski definition) is 2. The number of aryl methyl sites for hydroxylation is 1. The maximum absolute atomic E-state index is 11.1. The molecule has 2 aromatic rings. The van der Waals surface area contributed by atoms with E-state index in [0.717, 1.165) is 28.4 Å². The van der Waals surface area contributed by atoms with Gasteiger partial charge in [-0.05, 0) is 47.7 Å². The van der Waals surface area contributed by atoms with E-state index in [1.807, 2.05) is 24.3 Å². The van der Waals surface area contributed by atoms with Crippen LogP contribution in [0.4, 0.5) is 0 Å². The Kier molecular flexibility index (Phi) is 4.10. The van der Waals surface area contributed by atoms with Crippen molar-refractivity contribution in [2.45, 2.75) is 24.4 Å². The summed E-state index contributed by atoms with van der Waals surface area (Å²) in [6, 6.07) is 13.7. The first-order chi connectivity index (χ1) is 10.1. The largest absolute Gasteiger partial charge is 0.387 e. The third-order valence-corrected chi connectivity index (χ3v) is 5.49. The molecule has 3 rings (SSSR count). The fourth-order valence-corrected chi connectivity index (χ4v) is 3.99. The molecule has 2 atom stereocenters. The molecule has 21 heavy (non-hydrogen) atoms. The number of aliphatic hydroxyl groups is 1. The quantitative estimate of drug-likeness (QED) is 0.863. The summed E-state index contributed by atoms with van der Waals surface area (Å²) < 4.78 is 0.858. The minimum atomic E-state index is -0.681. The van der Waals surface area contributed by atoms with Crippen LogP contribution in [0.5, 0.6) is 0 Å². The molecule has 1 aliphatic carbocycles. The molecule has 0 bridgehead atoms. The van der Waals surface area contributed by atoms with Crippen molar-refractivity contribution in [3.63, 3.8) is 0 Å². The zero-order chi connectivity index (χ0) is 15.0. The van der Waals surface area contributed by atoms with Gasteiger partial charge in [-0.2, -0.15) is 0 Å². The van der Waals surface area contributed by atoms with Gasteiger partial charge in [0.1, 0.15) is 0 Å². The molecule has 0 spiro atoms. The van der Waals surface area contributed by atoms with E-state index in [-0.39, 0.29) is 0 Å². The van der Waals surface area contributed by atoms with Crippen LogP contribution in [0.25, 0.3) is 0 Å². The van der Waals surface area contributed by atoms with E-state index in [2.05, 4.69) is 28.1 Å². The minimum Gasteiger partial charge on any atom is -0.387 e. The van der Waals surface area contributed by atoms with E-state index in [1.54, 1.807) is 6.07 Å². The molecule has 2 unspecified atom stereocenters. The molecule has 2 aromatic carbocycles. The highest BCUT2D eigenvalue weighted by Gasteiger charge is 2.44. The maximum atomic E-state index is 11.1. The minimum absolute atomic E-state index is 0.407. The van der Waals surface area contributed by atoms with Gasteiger partial charge in [0.05, 0.1) is 6.10 Å². The summed E-state index contributed by atoms with van der Waals surface area (Å²) in [5, 5.41) is 11.7. The summed E-state index contributed by atoms with van der Waals surface area (Å²) in [5.41, 5.74) is 8.89. The van der Waals surface area contributed by atoms with Crippen molar-refractivity contribution in [2.75, 3.05) is 6.54 Å². The Morgan fingerprint density at radius 2 is 2.05 bits per heavy atom. The van der Waals surface area contributed by atoms with Gasteiger partial charge in [-0.3, -0.25) is 0 Å². The van der Waals surface area contributed by atoms with Crippen LogP contribution in [0.2, 0.25) is 5.02 Å². The first-order valence-electron chi connectivity index (χ1n) is 7.00. The summed E-state index contributed by atoms with van der Waals surface area (Å²) in [6.45, 7) is 0.407. The van der Waals surface area contributed by atoms with Crippen LogP contribution in [-0.4, -0.2) is 11.7 Å². The molecule has 0 radical (unpaired) electrons. The van der Waals surface area contributed by atoms with Gasteiger partial charge < -0.3 is 10.8 Å². The van der Waals surface area contributed by atoms with Crippen molar-refractivity contribution in [1.82, 2.24) is 0 Å². The van der Waals surface area contributed by atoms with Crippen molar-refractivity contribution < 1.29 is 5.11 Å². The fourth-order valence-electron chi connectivity index (χ4n) is 3.35. The molecule has 1 aliphatic rings. The number of aliphatic hydroxyl groups excluding tert-OH is 1. The Hall–Kier alpha value is -0.870. The number of fused-ring (bicyclic) bond motifs is 1. The molecular formula is C17H17BrClNO. The lowest BCUT2D eigenvalue weighted by Crippen LogP contribution is -2.39. The highest BCUT2D eigenvalue weighted by molar-refractivity contribution is 9.10. The molecule has 0 heterocycles. The standard InChI is InChI=1S/C17H17BrClNO/c18-15-6-5-12(19)9-13(15)16(21)17(10-20)8-7-11-3-1-2-4-14(11)17/h1-6,9,16,21H,7-8,10,20H2. The zero-order valence-electron chi connectivity index (χ0n) is 11.5. The van der Waals surface area contributed by atoms with Crippen LogP contribution in [-0.2, 0) is 11.8 Å².